The highest BCUT2D eigenvalue weighted by molar-refractivity contribution is 5.94. The first kappa shape index (κ1) is 19.4. The molecule has 3 aliphatic heterocycles. The summed E-state index contributed by atoms with van der Waals surface area (Å²) in [6.07, 6.45) is 3.16. The number of carbonyl (C=O) groups is 1. The summed E-state index contributed by atoms with van der Waals surface area (Å²) in [7, 11) is 4.97. The molecule has 0 bridgehead atoms. The third kappa shape index (κ3) is 2.46. The summed E-state index contributed by atoms with van der Waals surface area (Å²) >= 11 is 0. The molecule has 1 aromatic carbocycles. The van der Waals surface area contributed by atoms with Crippen LogP contribution in [0.5, 0.6) is 5.75 Å². The van der Waals surface area contributed by atoms with Gasteiger partial charge in [0.05, 0.1) is 19.2 Å². The Labute approximate surface area is 176 Å². The number of benzene rings is 1. The van der Waals surface area contributed by atoms with Gasteiger partial charge in [-0.25, -0.2) is 4.79 Å². The van der Waals surface area contributed by atoms with Crippen LogP contribution in [-0.4, -0.2) is 62.2 Å². The molecule has 1 aromatic rings. The fourth-order valence-electron chi connectivity index (χ4n) is 5.78. The molecule has 30 heavy (non-hydrogen) atoms. The summed E-state index contributed by atoms with van der Waals surface area (Å²) in [5.41, 5.74) is 3.17. The van der Waals surface area contributed by atoms with Crippen molar-refractivity contribution in [2.75, 3.05) is 21.3 Å². The van der Waals surface area contributed by atoms with Crippen LogP contribution in [0.25, 0.3) is 0 Å². The van der Waals surface area contributed by atoms with E-state index in [0.717, 1.165) is 40.9 Å². The van der Waals surface area contributed by atoms with Crippen LogP contribution in [0.2, 0.25) is 0 Å². The van der Waals surface area contributed by atoms with Gasteiger partial charge in [0, 0.05) is 48.6 Å². The number of fused-ring (bicyclic) bond motifs is 1. The lowest BCUT2D eigenvalue weighted by molar-refractivity contribution is -0.151. The summed E-state index contributed by atoms with van der Waals surface area (Å²) in [6, 6.07) is 7.97. The highest BCUT2D eigenvalue weighted by atomic mass is 16.7. The van der Waals surface area contributed by atoms with Crippen molar-refractivity contribution in [3.05, 3.63) is 52.6 Å². The van der Waals surface area contributed by atoms with Gasteiger partial charge in [-0.05, 0) is 38.0 Å². The third-order valence-corrected chi connectivity index (χ3v) is 6.86. The minimum atomic E-state index is -0.657. The molecule has 0 saturated carbocycles. The van der Waals surface area contributed by atoms with Crippen LogP contribution in [0.4, 0.5) is 0 Å². The Bertz CT molecular complexity index is 1030. The Morgan fingerprint density at radius 1 is 1.20 bits per heavy atom. The number of esters is 1. The normalized spacial score (nSPS) is 31.4. The first-order chi connectivity index (χ1) is 14.5. The minimum absolute atomic E-state index is 0.0907. The van der Waals surface area contributed by atoms with Crippen LogP contribution in [0, 0.1) is 11.8 Å². The molecule has 2 fully saturated rings. The van der Waals surface area contributed by atoms with Crippen LogP contribution in [-0.2, 0) is 19.0 Å². The van der Waals surface area contributed by atoms with Crippen molar-refractivity contribution < 1.29 is 23.7 Å². The maximum atomic E-state index is 12.3. The molecule has 1 aliphatic carbocycles. The zero-order chi connectivity index (χ0) is 21.0. The van der Waals surface area contributed by atoms with Crippen LogP contribution < -0.4 is 4.74 Å². The molecule has 1 spiro atoms. The molecule has 1 unspecified atom stereocenters. The summed E-state index contributed by atoms with van der Waals surface area (Å²) in [5, 5.41) is 0. The van der Waals surface area contributed by atoms with E-state index in [1.807, 2.05) is 24.3 Å². The molecule has 0 radical (unpaired) electrons. The van der Waals surface area contributed by atoms with Gasteiger partial charge >= 0.3 is 5.97 Å². The molecule has 2 saturated heterocycles. The maximum Gasteiger partial charge on any atom is 0.332 e. The molecule has 0 aromatic heterocycles. The molecule has 0 amide bonds. The monoisotopic (exact) mass is 407 g/mol. The second-order valence-corrected chi connectivity index (χ2v) is 8.11. The lowest BCUT2D eigenvalue weighted by Crippen LogP contribution is -2.51. The molecule has 4 atom stereocenters. The Hall–Kier alpha value is -2.59. The number of rotatable bonds is 4. The smallest absolute Gasteiger partial charge is 0.332 e. The first-order valence-corrected chi connectivity index (χ1v) is 10.2. The van der Waals surface area contributed by atoms with Gasteiger partial charge in [-0.15, -0.1) is 0 Å². The molecule has 6 heteroatoms. The molecule has 156 valence electrons. The molecule has 3 heterocycles. The van der Waals surface area contributed by atoms with Gasteiger partial charge in [0.25, 0.3) is 0 Å². The molecular formula is C24H25NO5. The predicted octanol–water partition coefficient (Wildman–Crippen LogP) is 2.43. The van der Waals surface area contributed by atoms with E-state index < -0.39 is 5.60 Å². The second-order valence-electron chi connectivity index (χ2n) is 8.11. The van der Waals surface area contributed by atoms with Gasteiger partial charge in [-0.2, -0.15) is 0 Å². The topological polar surface area (TPSA) is 57.2 Å². The molecule has 4 aliphatic rings. The van der Waals surface area contributed by atoms with Gasteiger partial charge in [-0.1, -0.05) is 17.9 Å². The van der Waals surface area contributed by atoms with E-state index in [-0.39, 0.29) is 30.4 Å². The van der Waals surface area contributed by atoms with E-state index in [4.69, 9.17) is 18.9 Å². The van der Waals surface area contributed by atoms with Crippen LogP contribution in [0.3, 0.4) is 0 Å². The summed E-state index contributed by atoms with van der Waals surface area (Å²) in [5.74, 6) is 7.04. The quantitative estimate of drug-likeness (QED) is 0.434. The van der Waals surface area contributed by atoms with Crippen molar-refractivity contribution in [1.82, 2.24) is 4.90 Å². The highest BCUT2D eigenvalue weighted by Gasteiger charge is 2.71. The second kappa shape index (κ2) is 6.98. The summed E-state index contributed by atoms with van der Waals surface area (Å²) in [4.78, 5) is 14.7. The van der Waals surface area contributed by atoms with Crippen molar-refractivity contribution in [3.8, 4) is 17.6 Å². The molecular weight excluding hydrogens is 382 g/mol. The minimum Gasteiger partial charge on any atom is -0.497 e. The van der Waals surface area contributed by atoms with Crippen molar-refractivity contribution >= 4 is 5.97 Å². The van der Waals surface area contributed by atoms with Crippen molar-refractivity contribution in [3.63, 3.8) is 0 Å². The number of nitrogens with zero attached hydrogens (tertiary/aromatic N) is 1. The van der Waals surface area contributed by atoms with Crippen molar-refractivity contribution in [2.24, 2.45) is 0 Å². The third-order valence-electron chi connectivity index (χ3n) is 6.86. The maximum absolute atomic E-state index is 12.3. The van der Waals surface area contributed by atoms with Gasteiger partial charge < -0.3 is 18.9 Å². The number of ether oxygens (including phenoxy) is 4. The lowest BCUT2D eigenvalue weighted by Gasteiger charge is -2.41. The average molecular weight is 407 g/mol. The van der Waals surface area contributed by atoms with Gasteiger partial charge in [0.15, 0.2) is 11.9 Å². The van der Waals surface area contributed by atoms with E-state index >= 15 is 0 Å². The van der Waals surface area contributed by atoms with Crippen LogP contribution in [0.15, 0.2) is 47.1 Å². The average Bonchev–Trinajstić information content (AvgIpc) is 3.36. The Morgan fingerprint density at radius 3 is 2.73 bits per heavy atom. The largest absolute Gasteiger partial charge is 0.497 e. The van der Waals surface area contributed by atoms with Gasteiger partial charge in [-0.3, -0.25) is 4.90 Å². The summed E-state index contributed by atoms with van der Waals surface area (Å²) in [6.45, 7) is 2.16. The molecule has 0 N–H and O–H groups in total. The Morgan fingerprint density at radius 2 is 2.00 bits per heavy atom. The highest BCUT2D eigenvalue weighted by Crippen LogP contribution is 2.62. The van der Waals surface area contributed by atoms with Crippen LogP contribution >= 0.6 is 0 Å². The number of carbonyl (C=O) groups excluding carboxylic acids is 1. The molecule has 5 rings (SSSR count). The summed E-state index contributed by atoms with van der Waals surface area (Å²) < 4.78 is 22.4. The van der Waals surface area contributed by atoms with Gasteiger partial charge in [0.2, 0.25) is 0 Å². The van der Waals surface area contributed by atoms with Crippen molar-refractivity contribution in [1.29, 1.82) is 0 Å². The van der Waals surface area contributed by atoms with E-state index in [9.17, 15) is 4.79 Å². The van der Waals surface area contributed by atoms with E-state index in [1.165, 1.54) is 0 Å². The SMILES string of the molecule is COc1cccc(C#CC2=C3[C@H](C)N4C(C(OC)OC)CC[C@@H]4[C@]34OC(=O)C=C24)c1. The van der Waals surface area contributed by atoms with Crippen LogP contribution in [0.1, 0.15) is 25.3 Å². The van der Waals surface area contributed by atoms with E-state index in [2.05, 4.69) is 23.7 Å². The Kier molecular flexibility index (Phi) is 4.51. The number of hydrogen-bond acceptors (Lipinski definition) is 6. The fraction of sp³-hybridized carbons (Fsp3) is 0.458. The zero-order valence-corrected chi connectivity index (χ0v) is 17.6. The molecule has 6 nitrogen and oxygen atoms in total. The first-order valence-electron chi connectivity index (χ1n) is 10.2. The standard InChI is InChI=1S/C24H25NO5/c1-14-22-17(9-8-15-6-5-7-16(12-15)27-2)18-13-21(26)30-24(18,22)20-11-10-19(25(14)20)23(28-3)29-4/h5-7,12-14,19-20,23H,10-11H2,1-4H3/t14-,19?,20+,24-/m0/s1. The van der Waals surface area contributed by atoms with E-state index in [1.54, 1.807) is 27.4 Å². The number of methoxy groups -OCH3 is 3. The Balaban J connectivity index is 1.56. The van der Waals surface area contributed by atoms with Gasteiger partial charge in [0.1, 0.15) is 5.75 Å². The van der Waals surface area contributed by atoms with E-state index in [0.29, 0.717) is 0 Å². The fourth-order valence-corrected chi connectivity index (χ4v) is 5.78. The lowest BCUT2D eigenvalue weighted by atomic mass is 9.66. The number of hydrogen-bond donors (Lipinski definition) is 0. The zero-order valence-electron chi connectivity index (χ0n) is 17.6. The van der Waals surface area contributed by atoms with Crippen molar-refractivity contribution in [2.45, 2.75) is 49.8 Å². The predicted molar refractivity (Wildman–Crippen MR) is 110 cm³/mol.